The van der Waals surface area contributed by atoms with Crippen LogP contribution in [0.4, 0.5) is 0 Å². The van der Waals surface area contributed by atoms with Crippen LogP contribution in [0.3, 0.4) is 0 Å². The summed E-state index contributed by atoms with van der Waals surface area (Å²) >= 11 is 0. The third kappa shape index (κ3) is 2.69. The van der Waals surface area contributed by atoms with Crippen LogP contribution in [0.5, 0.6) is 0 Å². The highest BCUT2D eigenvalue weighted by Gasteiger charge is 2.14. The second-order valence-electron chi connectivity index (χ2n) is 3.95. The van der Waals surface area contributed by atoms with Crippen LogP contribution in [0.25, 0.3) is 0 Å². The van der Waals surface area contributed by atoms with Crippen molar-refractivity contribution in [3.63, 3.8) is 0 Å². The second-order valence-corrected chi connectivity index (χ2v) is 3.95. The molecule has 1 aromatic rings. The van der Waals surface area contributed by atoms with Crippen molar-refractivity contribution in [2.45, 2.75) is 46.1 Å². The molecule has 1 atom stereocenters. The summed E-state index contributed by atoms with van der Waals surface area (Å²) in [4.78, 5) is 11.4. The lowest BCUT2D eigenvalue weighted by atomic mass is 9.98. The van der Waals surface area contributed by atoms with Crippen LogP contribution in [0.2, 0.25) is 0 Å². The lowest BCUT2D eigenvalue weighted by molar-refractivity contribution is 0.270. The molecule has 1 aromatic heterocycles. The van der Waals surface area contributed by atoms with Crippen molar-refractivity contribution in [3.05, 3.63) is 33.4 Å². The molecule has 0 aliphatic carbocycles. The SMILES string of the molecule is CCC[C@@H](C)c1oc(=O)c(C)cc1CO. The smallest absolute Gasteiger partial charge is 0.338 e. The fourth-order valence-electron chi connectivity index (χ4n) is 1.74. The highest BCUT2D eigenvalue weighted by Crippen LogP contribution is 2.23. The molecule has 0 saturated carbocycles. The summed E-state index contributed by atoms with van der Waals surface area (Å²) in [5, 5.41) is 9.19. The summed E-state index contributed by atoms with van der Waals surface area (Å²) in [5.74, 6) is 0.820. The van der Waals surface area contributed by atoms with Crippen molar-refractivity contribution in [3.8, 4) is 0 Å². The minimum Gasteiger partial charge on any atom is -0.427 e. The molecule has 0 saturated heterocycles. The van der Waals surface area contributed by atoms with E-state index in [0.717, 1.165) is 18.4 Å². The van der Waals surface area contributed by atoms with Crippen molar-refractivity contribution in [2.75, 3.05) is 0 Å². The molecule has 0 aromatic carbocycles. The molecule has 15 heavy (non-hydrogen) atoms. The Bertz CT molecular complexity index is 379. The maximum atomic E-state index is 11.4. The number of aliphatic hydroxyl groups excluding tert-OH is 1. The van der Waals surface area contributed by atoms with Crippen LogP contribution >= 0.6 is 0 Å². The van der Waals surface area contributed by atoms with E-state index in [-0.39, 0.29) is 18.2 Å². The van der Waals surface area contributed by atoms with Crippen molar-refractivity contribution in [1.29, 1.82) is 0 Å². The van der Waals surface area contributed by atoms with E-state index in [1.165, 1.54) is 0 Å². The van der Waals surface area contributed by atoms with Crippen molar-refractivity contribution in [2.24, 2.45) is 0 Å². The Kier molecular flexibility index (Phi) is 4.09. The molecule has 0 aliphatic rings. The fraction of sp³-hybridized carbons (Fsp3) is 0.583. The molecule has 0 spiro atoms. The molecule has 3 nitrogen and oxygen atoms in total. The number of aryl methyl sites for hydroxylation is 1. The van der Waals surface area contributed by atoms with E-state index in [0.29, 0.717) is 11.3 Å². The van der Waals surface area contributed by atoms with Gasteiger partial charge in [-0.15, -0.1) is 0 Å². The van der Waals surface area contributed by atoms with Gasteiger partial charge in [0.15, 0.2) is 0 Å². The Morgan fingerprint density at radius 2 is 2.20 bits per heavy atom. The molecule has 0 bridgehead atoms. The average Bonchev–Trinajstić information content (AvgIpc) is 2.21. The van der Waals surface area contributed by atoms with E-state index >= 15 is 0 Å². The van der Waals surface area contributed by atoms with Crippen LogP contribution < -0.4 is 5.63 Å². The van der Waals surface area contributed by atoms with Gasteiger partial charge in [-0.1, -0.05) is 20.3 Å². The van der Waals surface area contributed by atoms with Crippen LogP contribution in [-0.4, -0.2) is 5.11 Å². The Morgan fingerprint density at radius 3 is 2.73 bits per heavy atom. The molecular formula is C12H18O3. The first-order chi connectivity index (χ1) is 7.10. The van der Waals surface area contributed by atoms with E-state index < -0.39 is 0 Å². The molecule has 0 amide bonds. The summed E-state index contributed by atoms with van der Waals surface area (Å²) < 4.78 is 5.23. The van der Waals surface area contributed by atoms with Gasteiger partial charge in [-0.2, -0.15) is 0 Å². The van der Waals surface area contributed by atoms with Gasteiger partial charge in [0, 0.05) is 17.0 Å². The topological polar surface area (TPSA) is 50.4 Å². The number of aliphatic hydroxyl groups is 1. The van der Waals surface area contributed by atoms with E-state index in [2.05, 4.69) is 6.92 Å². The van der Waals surface area contributed by atoms with E-state index in [1.54, 1.807) is 13.0 Å². The van der Waals surface area contributed by atoms with Gasteiger partial charge < -0.3 is 9.52 Å². The monoisotopic (exact) mass is 210 g/mol. The number of hydrogen-bond acceptors (Lipinski definition) is 3. The van der Waals surface area contributed by atoms with Crippen molar-refractivity contribution < 1.29 is 9.52 Å². The maximum absolute atomic E-state index is 11.4. The summed E-state index contributed by atoms with van der Waals surface area (Å²) in [6.07, 6.45) is 1.99. The van der Waals surface area contributed by atoms with E-state index in [9.17, 15) is 9.90 Å². The molecule has 0 radical (unpaired) electrons. The van der Waals surface area contributed by atoms with Gasteiger partial charge in [0.1, 0.15) is 5.76 Å². The molecule has 3 heteroatoms. The average molecular weight is 210 g/mol. The number of hydrogen-bond donors (Lipinski definition) is 1. The minimum absolute atomic E-state index is 0.0754. The lowest BCUT2D eigenvalue weighted by Gasteiger charge is -2.12. The molecule has 0 unspecified atom stereocenters. The zero-order chi connectivity index (χ0) is 11.4. The first-order valence-electron chi connectivity index (χ1n) is 5.34. The minimum atomic E-state index is -0.301. The molecule has 1 heterocycles. The summed E-state index contributed by atoms with van der Waals surface area (Å²) in [6, 6.07) is 1.72. The molecule has 1 N–H and O–H groups in total. The van der Waals surface area contributed by atoms with Crippen molar-refractivity contribution >= 4 is 0 Å². The Balaban J connectivity index is 3.15. The van der Waals surface area contributed by atoms with Gasteiger partial charge in [0.05, 0.1) is 6.61 Å². The van der Waals surface area contributed by atoms with Crippen LogP contribution in [-0.2, 0) is 6.61 Å². The predicted octanol–water partition coefficient (Wildman–Crippen LogP) is 2.34. The lowest BCUT2D eigenvalue weighted by Crippen LogP contribution is -2.10. The predicted molar refractivity (Wildman–Crippen MR) is 59.0 cm³/mol. The van der Waals surface area contributed by atoms with Crippen molar-refractivity contribution in [1.82, 2.24) is 0 Å². The standard InChI is InChI=1S/C12H18O3/c1-4-5-8(2)11-10(7-13)6-9(3)12(14)15-11/h6,8,13H,4-5,7H2,1-3H3/t8-/m1/s1. The van der Waals surface area contributed by atoms with Crippen LogP contribution in [0.15, 0.2) is 15.3 Å². The van der Waals surface area contributed by atoms with E-state index in [4.69, 9.17) is 4.42 Å². The summed E-state index contributed by atoms with van der Waals surface area (Å²) in [6.45, 7) is 5.71. The maximum Gasteiger partial charge on any atom is 0.338 e. The molecule has 84 valence electrons. The molecule has 0 fully saturated rings. The summed E-state index contributed by atoms with van der Waals surface area (Å²) in [7, 11) is 0. The highest BCUT2D eigenvalue weighted by atomic mass is 16.4. The van der Waals surface area contributed by atoms with Crippen LogP contribution in [0.1, 0.15) is 49.5 Å². The Labute approximate surface area is 89.7 Å². The molecule has 1 rings (SSSR count). The van der Waals surface area contributed by atoms with Crippen LogP contribution in [0, 0.1) is 6.92 Å². The largest absolute Gasteiger partial charge is 0.427 e. The van der Waals surface area contributed by atoms with Gasteiger partial charge in [0.25, 0.3) is 0 Å². The first kappa shape index (κ1) is 12.0. The molecular weight excluding hydrogens is 192 g/mol. The number of rotatable bonds is 4. The quantitative estimate of drug-likeness (QED) is 0.829. The van der Waals surface area contributed by atoms with Gasteiger partial charge in [-0.3, -0.25) is 0 Å². The van der Waals surface area contributed by atoms with Gasteiger partial charge in [-0.05, 0) is 19.4 Å². The first-order valence-corrected chi connectivity index (χ1v) is 5.34. The zero-order valence-electron chi connectivity index (χ0n) is 9.54. The summed E-state index contributed by atoms with van der Waals surface area (Å²) in [5.41, 5.74) is 0.977. The van der Waals surface area contributed by atoms with E-state index in [1.807, 2.05) is 6.92 Å². The molecule has 0 aliphatic heterocycles. The highest BCUT2D eigenvalue weighted by molar-refractivity contribution is 5.23. The van der Waals surface area contributed by atoms with Gasteiger partial charge in [-0.25, -0.2) is 4.79 Å². The van der Waals surface area contributed by atoms with Gasteiger partial charge >= 0.3 is 5.63 Å². The normalized spacial score (nSPS) is 12.8. The Hall–Kier alpha value is -1.09. The Morgan fingerprint density at radius 1 is 1.53 bits per heavy atom. The van der Waals surface area contributed by atoms with Gasteiger partial charge in [0.2, 0.25) is 0 Å². The third-order valence-electron chi connectivity index (χ3n) is 2.57. The third-order valence-corrected chi connectivity index (χ3v) is 2.57. The second kappa shape index (κ2) is 5.12. The zero-order valence-corrected chi connectivity index (χ0v) is 9.54. The fourth-order valence-corrected chi connectivity index (χ4v) is 1.74.